The molecule has 30 heavy (non-hydrogen) atoms. The Morgan fingerprint density at radius 3 is 2.70 bits per heavy atom. The van der Waals surface area contributed by atoms with Gasteiger partial charge < -0.3 is 25.3 Å². The third-order valence-corrected chi connectivity index (χ3v) is 6.47. The number of carbonyl (C=O) groups excluding carboxylic acids is 1. The molecule has 1 saturated heterocycles. The number of nitrogens with zero attached hydrogens (tertiary/aromatic N) is 1. The Labute approximate surface area is 184 Å². The van der Waals surface area contributed by atoms with Gasteiger partial charge in [0.2, 0.25) is 0 Å². The molecule has 0 aromatic heterocycles. The molecule has 1 aromatic carbocycles. The first kappa shape index (κ1) is 23.1. The summed E-state index contributed by atoms with van der Waals surface area (Å²) in [5.74, 6) is 0.163. The Kier molecular flexibility index (Phi) is 8.62. The van der Waals surface area contributed by atoms with E-state index in [2.05, 4.69) is 10.2 Å². The molecule has 1 aliphatic carbocycles. The fourth-order valence-electron chi connectivity index (χ4n) is 4.33. The van der Waals surface area contributed by atoms with E-state index >= 15 is 0 Å². The molecule has 1 saturated carbocycles. The number of piperidine rings is 1. The van der Waals surface area contributed by atoms with Crippen molar-refractivity contribution >= 4 is 23.2 Å². The van der Waals surface area contributed by atoms with Gasteiger partial charge in [0.05, 0.1) is 48.2 Å². The first-order valence-corrected chi connectivity index (χ1v) is 11.2. The molecule has 168 valence electrons. The summed E-state index contributed by atoms with van der Waals surface area (Å²) < 4.78 is 17.1. The summed E-state index contributed by atoms with van der Waals surface area (Å²) in [6, 6.07) is 3.03. The average Bonchev–Trinajstić information content (AvgIpc) is 2.76. The number of nitrogens with two attached hydrogens (primary N) is 1. The van der Waals surface area contributed by atoms with Crippen molar-refractivity contribution in [3.8, 4) is 5.75 Å². The normalized spacial score (nSPS) is 23.3. The first-order chi connectivity index (χ1) is 14.5. The lowest BCUT2D eigenvalue weighted by molar-refractivity contribution is -0.0188. The quantitative estimate of drug-likeness (QED) is 0.605. The molecule has 3 rings (SSSR count). The van der Waals surface area contributed by atoms with Gasteiger partial charge in [-0.25, -0.2) is 0 Å². The van der Waals surface area contributed by atoms with E-state index in [4.69, 9.17) is 31.5 Å². The standard InChI is InChI=1S/C22H34ClN3O4/c1-28-20-13-18(24)17(23)12-16(20)22(27)25-19-8-9-26(14-21(19)29-2)10-11-30-15-6-4-3-5-7-15/h12-13,15,19,21H,3-11,14,24H2,1-2H3,(H,25,27)/t19-,21+/m1/s1. The number of amides is 1. The SMILES string of the molecule is COc1cc(N)c(Cl)cc1C(=O)N[C@@H]1CCN(CCOC2CCCCC2)C[C@@H]1OC. The number of benzene rings is 1. The Morgan fingerprint density at radius 1 is 1.23 bits per heavy atom. The van der Waals surface area contributed by atoms with Crippen molar-refractivity contribution in [1.82, 2.24) is 10.2 Å². The molecule has 0 unspecified atom stereocenters. The lowest BCUT2D eigenvalue weighted by atomic mass is 9.98. The van der Waals surface area contributed by atoms with E-state index < -0.39 is 0 Å². The number of halogens is 1. The number of ether oxygens (including phenoxy) is 3. The number of likely N-dealkylation sites (tertiary alicyclic amines) is 1. The summed E-state index contributed by atoms with van der Waals surface area (Å²) in [5.41, 5.74) is 6.56. The smallest absolute Gasteiger partial charge is 0.255 e. The maximum absolute atomic E-state index is 12.9. The maximum Gasteiger partial charge on any atom is 0.255 e. The van der Waals surface area contributed by atoms with Crippen molar-refractivity contribution in [3.63, 3.8) is 0 Å². The predicted molar refractivity (Wildman–Crippen MR) is 118 cm³/mol. The zero-order chi connectivity index (χ0) is 21.5. The minimum Gasteiger partial charge on any atom is -0.496 e. The monoisotopic (exact) mass is 439 g/mol. The van der Waals surface area contributed by atoms with Crippen LogP contribution in [0.2, 0.25) is 5.02 Å². The number of carbonyl (C=O) groups is 1. The summed E-state index contributed by atoms with van der Waals surface area (Å²) in [5, 5.41) is 3.42. The van der Waals surface area contributed by atoms with Gasteiger partial charge in [-0.05, 0) is 25.3 Å². The highest BCUT2D eigenvalue weighted by Gasteiger charge is 2.31. The average molecular weight is 440 g/mol. The van der Waals surface area contributed by atoms with Crippen LogP contribution in [0.4, 0.5) is 5.69 Å². The van der Waals surface area contributed by atoms with Crippen LogP contribution in [-0.2, 0) is 9.47 Å². The molecule has 1 heterocycles. The van der Waals surface area contributed by atoms with E-state index in [9.17, 15) is 4.79 Å². The van der Waals surface area contributed by atoms with Gasteiger partial charge >= 0.3 is 0 Å². The second-order valence-electron chi connectivity index (χ2n) is 8.15. The number of anilines is 1. The molecule has 1 aromatic rings. The van der Waals surface area contributed by atoms with E-state index in [0.29, 0.717) is 28.1 Å². The molecule has 2 fully saturated rings. The van der Waals surface area contributed by atoms with Crippen LogP contribution in [-0.4, -0.2) is 69.5 Å². The van der Waals surface area contributed by atoms with E-state index in [1.807, 2.05) is 0 Å². The zero-order valence-corrected chi connectivity index (χ0v) is 18.7. The Balaban J connectivity index is 1.51. The fraction of sp³-hybridized carbons (Fsp3) is 0.682. The summed E-state index contributed by atoms with van der Waals surface area (Å²) in [4.78, 5) is 15.2. The molecule has 1 amide bonds. The molecule has 7 nitrogen and oxygen atoms in total. The number of rotatable bonds is 8. The first-order valence-electron chi connectivity index (χ1n) is 10.8. The van der Waals surface area contributed by atoms with E-state index in [0.717, 1.165) is 32.7 Å². The highest BCUT2D eigenvalue weighted by Crippen LogP contribution is 2.29. The van der Waals surface area contributed by atoms with Crippen LogP contribution in [0.1, 0.15) is 48.9 Å². The van der Waals surface area contributed by atoms with Gasteiger partial charge in [0, 0.05) is 32.8 Å². The number of methoxy groups -OCH3 is 2. The van der Waals surface area contributed by atoms with Gasteiger partial charge in [0.25, 0.3) is 5.91 Å². The molecule has 2 aliphatic rings. The van der Waals surface area contributed by atoms with Crippen LogP contribution < -0.4 is 15.8 Å². The number of nitrogens with one attached hydrogen (secondary N) is 1. The molecule has 0 radical (unpaired) electrons. The summed E-state index contributed by atoms with van der Waals surface area (Å²) in [7, 11) is 3.19. The van der Waals surface area contributed by atoms with Gasteiger partial charge in [0.15, 0.2) is 0 Å². The van der Waals surface area contributed by atoms with Crippen molar-refractivity contribution in [1.29, 1.82) is 0 Å². The van der Waals surface area contributed by atoms with Crippen LogP contribution in [0.25, 0.3) is 0 Å². The lowest BCUT2D eigenvalue weighted by Crippen LogP contribution is -2.55. The van der Waals surface area contributed by atoms with Crippen LogP contribution >= 0.6 is 11.6 Å². The summed E-state index contributed by atoms with van der Waals surface area (Å²) in [6.07, 6.45) is 7.42. The van der Waals surface area contributed by atoms with Crippen molar-refractivity contribution in [2.75, 3.05) is 46.2 Å². The van der Waals surface area contributed by atoms with Crippen molar-refractivity contribution in [2.45, 2.75) is 56.8 Å². The highest BCUT2D eigenvalue weighted by molar-refractivity contribution is 6.33. The third-order valence-electron chi connectivity index (χ3n) is 6.14. The maximum atomic E-state index is 12.9. The molecule has 1 aliphatic heterocycles. The predicted octanol–water partition coefficient (Wildman–Crippen LogP) is 3.10. The van der Waals surface area contributed by atoms with Crippen molar-refractivity contribution < 1.29 is 19.0 Å². The van der Waals surface area contributed by atoms with E-state index in [1.54, 1.807) is 19.2 Å². The Bertz CT molecular complexity index is 712. The number of nitrogen functional groups attached to an aromatic ring is 1. The van der Waals surface area contributed by atoms with E-state index in [-0.39, 0.29) is 18.1 Å². The fourth-order valence-corrected chi connectivity index (χ4v) is 4.49. The molecule has 2 atom stereocenters. The van der Waals surface area contributed by atoms with E-state index in [1.165, 1.54) is 39.2 Å². The minimum atomic E-state index is -0.241. The largest absolute Gasteiger partial charge is 0.496 e. The second kappa shape index (κ2) is 11.2. The molecule has 0 spiro atoms. The topological polar surface area (TPSA) is 86.0 Å². The van der Waals surface area contributed by atoms with Gasteiger partial charge in [-0.2, -0.15) is 0 Å². The third kappa shape index (κ3) is 6.00. The van der Waals surface area contributed by atoms with Crippen LogP contribution in [0, 0.1) is 0 Å². The van der Waals surface area contributed by atoms with Gasteiger partial charge in [-0.15, -0.1) is 0 Å². The van der Waals surface area contributed by atoms with Crippen LogP contribution in [0.3, 0.4) is 0 Å². The molecule has 8 heteroatoms. The Morgan fingerprint density at radius 2 is 2.00 bits per heavy atom. The highest BCUT2D eigenvalue weighted by atomic mass is 35.5. The van der Waals surface area contributed by atoms with Gasteiger partial charge in [-0.1, -0.05) is 30.9 Å². The number of hydrogen-bond acceptors (Lipinski definition) is 6. The molecular weight excluding hydrogens is 406 g/mol. The molecule has 3 N–H and O–H groups in total. The second-order valence-corrected chi connectivity index (χ2v) is 8.56. The van der Waals surface area contributed by atoms with Gasteiger partial charge in [-0.3, -0.25) is 9.69 Å². The molecule has 0 bridgehead atoms. The van der Waals surface area contributed by atoms with Crippen LogP contribution in [0.15, 0.2) is 12.1 Å². The molecular formula is C22H34ClN3O4. The minimum absolute atomic E-state index is 0.0842. The van der Waals surface area contributed by atoms with Crippen molar-refractivity contribution in [3.05, 3.63) is 22.7 Å². The summed E-state index contributed by atoms with van der Waals surface area (Å²) >= 11 is 6.11. The number of hydrogen-bond donors (Lipinski definition) is 2. The van der Waals surface area contributed by atoms with Crippen LogP contribution in [0.5, 0.6) is 5.75 Å². The lowest BCUT2D eigenvalue weighted by Gasteiger charge is -2.38. The zero-order valence-electron chi connectivity index (χ0n) is 18.0. The summed E-state index contributed by atoms with van der Waals surface area (Å²) in [6.45, 7) is 3.28. The Hall–Kier alpha value is -1.54. The van der Waals surface area contributed by atoms with Gasteiger partial charge in [0.1, 0.15) is 5.75 Å². The van der Waals surface area contributed by atoms with Crippen molar-refractivity contribution in [2.24, 2.45) is 0 Å².